The van der Waals surface area contributed by atoms with Gasteiger partial charge in [0.25, 0.3) is 0 Å². The van der Waals surface area contributed by atoms with E-state index in [4.69, 9.17) is 17.2 Å². The highest BCUT2D eigenvalue weighted by Gasteiger charge is 2.31. The molecule has 5 atom stereocenters. The van der Waals surface area contributed by atoms with E-state index in [1.54, 1.807) is 6.92 Å². The highest BCUT2D eigenvalue weighted by atomic mass is 16.4. The fraction of sp³-hybridized carbons (Fsp3) is 0.737. The molecule has 0 aliphatic rings. The molecule has 11 N–H and O–H groups in total. The van der Waals surface area contributed by atoms with E-state index in [9.17, 15) is 34.2 Å². The van der Waals surface area contributed by atoms with Crippen molar-refractivity contribution in [1.29, 1.82) is 0 Å². The first-order valence-corrected chi connectivity index (χ1v) is 10.5. The van der Waals surface area contributed by atoms with Gasteiger partial charge in [0.1, 0.15) is 18.1 Å². The van der Waals surface area contributed by atoms with Crippen molar-refractivity contribution in [1.82, 2.24) is 16.0 Å². The zero-order valence-corrected chi connectivity index (χ0v) is 18.5. The molecule has 13 nitrogen and oxygen atoms in total. The van der Waals surface area contributed by atoms with Crippen LogP contribution in [0.1, 0.15) is 46.0 Å². The van der Waals surface area contributed by atoms with Crippen LogP contribution in [-0.2, 0) is 24.0 Å². The van der Waals surface area contributed by atoms with E-state index in [1.807, 2.05) is 6.92 Å². The van der Waals surface area contributed by atoms with Crippen LogP contribution in [0.5, 0.6) is 0 Å². The summed E-state index contributed by atoms with van der Waals surface area (Å²) in [6.07, 6.45) is 1.16. The topological polar surface area (TPSA) is 240 Å². The number of hydrogen-bond donors (Lipinski definition) is 8. The van der Waals surface area contributed by atoms with Crippen LogP contribution >= 0.6 is 0 Å². The first-order chi connectivity index (χ1) is 15.0. The molecule has 0 aromatic carbocycles. The van der Waals surface area contributed by atoms with Gasteiger partial charge in [-0.15, -0.1) is 0 Å². The number of rotatable bonds is 16. The second kappa shape index (κ2) is 15.1. The van der Waals surface area contributed by atoms with Crippen molar-refractivity contribution in [3.63, 3.8) is 0 Å². The van der Waals surface area contributed by atoms with Crippen LogP contribution in [0, 0.1) is 5.92 Å². The first kappa shape index (κ1) is 29.2. The molecule has 0 bridgehead atoms. The molecule has 0 aliphatic carbocycles. The minimum absolute atomic E-state index is 0.109. The summed E-state index contributed by atoms with van der Waals surface area (Å²) in [5.41, 5.74) is 16.3. The van der Waals surface area contributed by atoms with E-state index < -0.39 is 66.8 Å². The summed E-state index contributed by atoms with van der Waals surface area (Å²) in [4.78, 5) is 60.0. The molecule has 0 rings (SSSR count). The summed E-state index contributed by atoms with van der Waals surface area (Å²) < 4.78 is 0. The Morgan fingerprint density at radius 2 is 1.44 bits per heavy atom. The lowest BCUT2D eigenvalue weighted by Crippen LogP contribution is -2.59. The summed E-state index contributed by atoms with van der Waals surface area (Å²) in [6.45, 7) is 3.09. The number of aliphatic hydroxyl groups is 1. The van der Waals surface area contributed by atoms with Crippen LogP contribution in [0.2, 0.25) is 0 Å². The predicted octanol–water partition coefficient (Wildman–Crippen LogP) is -3.10. The molecule has 0 saturated carbocycles. The largest absolute Gasteiger partial charge is 0.480 e. The van der Waals surface area contributed by atoms with Gasteiger partial charge in [0.05, 0.1) is 19.1 Å². The Kier molecular flexibility index (Phi) is 13.8. The lowest BCUT2D eigenvalue weighted by Gasteiger charge is -2.25. The summed E-state index contributed by atoms with van der Waals surface area (Å²) in [5, 5.41) is 25.5. The van der Waals surface area contributed by atoms with E-state index in [2.05, 4.69) is 16.0 Å². The predicted molar refractivity (Wildman–Crippen MR) is 115 cm³/mol. The third-order valence-corrected chi connectivity index (χ3v) is 4.98. The molecule has 0 fully saturated rings. The Hall–Kier alpha value is -2.77. The van der Waals surface area contributed by atoms with Gasteiger partial charge in [0, 0.05) is 0 Å². The quantitative estimate of drug-likeness (QED) is 0.109. The highest BCUT2D eigenvalue weighted by Crippen LogP contribution is 2.06. The zero-order chi connectivity index (χ0) is 24.8. The van der Waals surface area contributed by atoms with Gasteiger partial charge in [-0.25, -0.2) is 4.79 Å². The van der Waals surface area contributed by atoms with Crippen LogP contribution in [0.25, 0.3) is 0 Å². The third kappa shape index (κ3) is 10.5. The monoisotopic (exact) mass is 460 g/mol. The number of carbonyl (C=O) groups excluding carboxylic acids is 4. The number of carboxylic acids is 1. The molecular weight excluding hydrogens is 424 g/mol. The van der Waals surface area contributed by atoms with E-state index in [0.29, 0.717) is 25.8 Å². The number of aliphatic carboxylic acids is 1. The Balaban J connectivity index is 5.23. The average Bonchev–Trinajstić information content (AvgIpc) is 2.74. The number of nitrogens with two attached hydrogens (primary N) is 3. The fourth-order valence-electron chi connectivity index (χ4n) is 2.68. The minimum atomic E-state index is -1.52. The van der Waals surface area contributed by atoms with Gasteiger partial charge in [0.15, 0.2) is 0 Å². The molecule has 4 amide bonds. The van der Waals surface area contributed by atoms with Gasteiger partial charge in [0.2, 0.25) is 23.6 Å². The Bertz CT molecular complexity index is 660. The Labute approximate surface area is 186 Å². The van der Waals surface area contributed by atoms with Crippen LogP contribution < -0.4 is 33.2 Å². The molecule has 0 aromatic rings. The minimum Gasteiger partial charge on any atom is -0.480 e. The normalized spacial score (nSPS) is 15.5. The van der Waals surface area contributed by atoms with Gasteiger partial charge < -0.3 is 43.4 Å². The molecule has 0 unspecified atom stereocenters. The molecule has 0 aromatic heterocycles. The van der Waals surface area contributed by atoms with E-state index >= 15 is 0 Å². The van der Waals surface area contributed by atoms with Crippen molar-refractivity contribution >= 4 is 29.6 Å². The number of aliphatic hydroxyl groups excluding tert-OH is 1. The van der Waals surface area contributed by atoms with Crippen molar-refractivity contribution in [2.45, 2.75) is 70.1 Å². The van der Waals surface area contributed by atoms with E-state index in [0.717, 1.165) is 0 Å². The van der Waals surface area contributed by atoms with Crippen LogP contribution in [0.4, 0.5) is 0 Å². The number of nitrogens with one attached hydrogen (secondary N) is 3. The smallest absolute Gasteiger partial charge is 0.326 e. The molecule has 0 spiro atoms. The maximum atomic E-state index is 12.6. The van der Waals surface area contributed by atoms with Crippen LogP contribution in [-0.4, -0.2) is 77.1 Å². The first-order valence-electron chi connectivity index (χ1n) is 10.5. The second-order valence-electron chi connectivity index (χ2n) is 7.57. The van der Waals surface area contributed by atoms with Gasteiger partial charge in [-0.1, -0.05) is 20.3 Å². The van der Waals surface area contributed by atoms with E-state index in [1.165, 1.54) is 0 Å². The van der Waals surface area contributed by atoms with Gasteiger partial charge in [-0.05, 0) is 31.7 Å². The molecule has 184 valence electrons. The Morgan fingerprint density at radius 1 is 0.906 bits per heavy atom. The van der Waals surface area contributed by atoms with Crippen molar-refractivity contribution < 1.29 is 34.2 Å². The number of hydrogen-bond acceptors (Lipinski definition) is 8. The molecule has 0 aliphatic heterocycles. The lowest BCUT2D eigenvalue weighted by atomic mass is 9.99. The molecular formula is C19H36N6O7. The summed E-state index contributed by atoms with van der Waals surface area (Å²) in [6, 6.07) is -5.13. The average molecular weight is 461 g/mol. The Morgan fingerprint density at radius 3 is 1.91 bits per heavy atom. The van der Waals surface area contributed by atoms with Crippen molar-refractivity contribution in [2.24, 2.45) is 23.1 Å². The molecule has 0 saturated heterocycles. The summed E-state index contributed by atoms with van der Waals surface area (Å²) >= 11 is 0. The number of unbranched alkanes of at least 4 members (excludes halogenated alkanes) is 1. The maximum Gasteiger partial charge on any atom is 0.326 e. The molecule has 13 heteroatoms. The second-order valence-corrected chi connectivity index (χ2v) is 7.57. The molecule has 32 heavy (non-hydrogen) atoms. The fourth-order valence-corrected chi connectivity index (χ4v) is 2.68. The van der Waals surface area contributed by atoms with Crippen molar-refractivity contribution in [3.05, 3.63) is 0 Å². The van der Waals surface area contributed by atoms with E-state index in [-0.39, 0.29) is 12.3 Å². The zero-order valence-electron chi connectivity index (χ0n) is 18.5. The number of carboxylic acid groups (broad SMARTS) is 1. The van der Waals surface area contributed by atoms with Crippen molar-refractivity contribution in [3.8, 4) is 0 Å². The highest BCUT2D eigenvalue weighted by molar-refractivity contribution is 5.96. The molecule has 0 radical (unpaired) electrons. The van der Waals surface area contributed by atoms with Gasteiger partial charge in [-0.3, -0.25) is 19.2 Å². The SMILES string of the molecule is CC[C@H](C)[C@H](N)C(=O)N[C@@H](CC(N)=O)C(=O)N[C@@H](CO)C(=O)N[C@@H](CCCCN)C(=O)O. The third-order valence-electron chi connectivity index (χ3n) is 4.98. The lowest BCUT2D eigenvalue weighted by molar-refractivity contribution is -0.143. The number of carbonyl (C=O) groups is 5. The van der Waals surface area contributed by atoms with Crippen molar-refractivity contribution in [2.75, 3.05) is 13.2 Å². The maximum absolute atomic E-state index is 12.6. The van der Waals surface area contributed by atoms with Gasteiger partial charge in [-0.2, -0.15) is 0 Å². The summed E-state index contributed by atoms with van der Waals surface area (Å²) in [5.74, 6) is -4.96. The van der Waals surface area contributed by atoms with Crippen LogP contribution in [0.3, 0.4) is 0 Å². The molecule has 0 heterocycles. The van der Waals surface area contributed by atoms with Crippen LogP contribution in [0.15, 0.2) is 0 Å². The number of amides is 4. The van der Waals surface area contributed by atoms with Gasteiger partial charge >= 0.3 is 5.97 Å². The standard InChI is InChI=1S/C19H36N6O7/c1-3-10(2)15(22)18(30)24-12(8-14(21)27)16(28)25-13(9-26)17(29)23-11(19(31)32)6-4-5-7-20/h10-13,15,26H,3-9,20,22H2,1-2H3,(H2,21,27)(H,23,29)(H,24,30)(H,25,28)(H,31,32)/t10-,11-,12-,13-,15-/m0/s1. The summed E-state index contributed by atoms with van der Waals surface area (Å²) in [7, 11) is 0. The number of primary amides is 1.